The van der Waals surface area contributed by atoms with E-state index in [1.165, 1.54) is 0 Å². The quantitative estimate of drug-likeness (QED) is 0.886. The first-order valence-corrected chi connectivity index (χ1v) is 6.81. The Morgan fingerprint density at radius 3 is 2.78 bits per heavy atom. The predicted molar refractivity (Wildman–Crippen MR) is 73.3 cm³/mol. The monoisotopic (exact) mass is 269 g/mol. The minimum absolute atomic E-state index is 0.259. The van der Waals surface area contributed by atoms with E-state index in [0.717, 1.165) is 24.3 Å². The van der Waals surface area contributed by atoms with Gasteiger partial charge < -0.3 is 14.8 Å². The van der Waals surface area contributed by atoms with E-state index < -0.39 is 0 Å². The van der Waals surface area contributed by atoms with Crippen molar-refractivity contribution in [2.45, 2.75) is 39.8 Å². The highest BCUT2D eigenvalue weighted by atomic mass is 35.5. The Kier molecular flexibility index (Phi) is 4.36. The molecule has 2 rings (SSSR count). The van der Waals surface area contributed by atoms with Crippen LogP contribution in [0.4, 0.5) is 0 Å². The zero-order valence-corrected chi connectivity index (χ0v) is 11.9. The first-order valence-electron chi connectivity index (χ1n) is 6.43. The highest BCUT2D eigenvalue weighted by molar-refractivity contribution is 6.32. The molecule has 0 saturated carbocycles. The Labute approximate surface area is 113 Å². The third-order valence-electron chi connectivity index (χ3n) is 3.30. The van der Waals surface area contributed by atoms with Gasteiger partial charge in [-0.05, 0) is 30.0 Å². The SMILES string of the molecule is CCC(NCc1cc(Cl)c2c(c1)OCO2)C(C)C. The molecular weight excluding hydrogens is 250 g/mol. The van der Waals surface area contributed by atoms with E-state index >= 15 is 0 Å². The van der Waals surface area contributed by atoms with Crippen molar-refractivity contribution in [3.63, 3.8) is 0 Å². The molecule has 0 amide bonds. The molecule has 1 aliphatic rings. The Hall–Kier alpha value is -0.930. The van der Waals surface area contributed by atoms with E-state index in [-0.39, 0.29) is 6.79 Å². The van der Waals surface area contributed by atoms with Gasteiger partial charge in [0.15, 0.2) is 11.5 Å². The van der Waals surface area contributed by atoms with Crippen molar-refractivity contribution >= 4 is 11.6 Å². The van der Waals surface area contributed by atoms with Crippen LogP contribution in [0, 0.1) is 5.92 Å². The first kappa shape index (κ1) is 13.5. The molecule has 3 nitrogen and oxygen atoms in total. The van der Waals surface area contributed by atoms with Crippen LogP contribution in [0.2, 0.25) is 5.02 Å². The van der Waals surface area contributed by atoms with Crippen LogP contribution in [-0.4, -0.2) is 12.8 Å². The number of hydrogen-bond acceptors (Lipinski definition) is 3. The standard InChI is InChI=1S/C14H20ClNO2/c1-4-12(9(2)3)16-7-10-5-11(15)14-13(6-10)17-8-18-14/h5-6,9,12,16H,4,7-8H2,1-3H3. The number of rotatable bonds is 5. The van der Waals surface area contributed by atoms with Gasteiger partial charge in [0.25, 0.3) is 0 Å². The number of hydrogen-bond donors (Lipinski definition) is 1. The van der Waals surface area contributed by atoms with Gasteiger partial charge >= 0.3 is 0 Å². The Morgan fingerprint density at radius 1 is 1.33 bits per heavy atom. The summed E-state index contributed by atoms with van der Waals surface area (Å²) in [6.45, 7) is 7.72. The third kappa shape index (κ3) is 2.90. The van der Waals surface area contributed by atoms with Crippen LogP contribution in [0.15, 0.2) is 12.1 Å². The molecular formula is C14H20ClNO2. The molecule has 1 N–H and O–H groups in total. The molecule has 1 atom stereocenters. The summed E-state index contributed by atoms with van der Waals surface area (Å²) in [5.41, 5.74) is 1.13. The number of nitrogens with one attached hydrogen (secondary N) is 1. The highest BCUT2D eigenvalue weighted by Crippen LogP contribution is 2.39. The van der Waals surface area contributed by atoms with E-state index in [4.69, 9.17) is 21.1 Å². The summed E-state index contributed by atoms with van der Waals surface area (Å²) < 4.78 is 10.7. The zero-order chi connectivity index (χ0) is 13.1. The maximum atomic E-state index is 6.15. The molecule has 1 aromatic carbocycles. The van der Waals surface area contributed by atoms with E-state index in [9.17, 15) is 0 Å². The fraction of sp³-hybridized carbons (Fsp3) is 0.571. The lowest BCUT2D eigenvalue weighted by atomic mass is 10.0. The van der Waals surface area contributed by atoms with Crippen LogP contribution < -0.4 is 14.8 Å². The van der Waals surface area contributed by atoms with Crippen LogP contribution in [0.25, 0.3) is 0 Å². The van der Waals surface area contributed by atoms with Crippen molar-refractivity contribution in [1.82, 2.24) is 5.32 Å². The highest BCUT2D eigenvalue weighted by Gasteiger charge is 2.18. The molecule has 4 heteroatoms. The predicted octanol–water partition coefficient (Wildman–Crippen LogP) is 3.59. The van der Waals surface area contributed by atoms with Crippen molar-refractivity contribution in [1.29, 1.82) is 0 Å². The van der Waals surface area contributed by atoms with Gasteiger partial charge in [0.1, 0.15) is 0 Å². The van der Waals surface area contributed by atoms with E-state index in [2.05, 4.69) is 26.1 Å². The molecule has 18 heavy (non-hydrogen) atoms. The number of fused-ring (bicyclic) bond motifs is 1. The Morgan fingerprint density at radius 2 is 2.11 bits per heavy atom. The summed E-state index contributed by atoms with van der Waals surface area (Å²) in [5.74, 6) is 2.03. The molecule has 0 bridgehead atoms. The van der Waals surface area contributed by atoms with Crippen LogP contribution >= 0.6 is 11.6 Å². The summed E-state index contributed by atoms with van der Waals surface area (Å²) in [4.78, 5) is 0. The Bertz CT molecular complexity index is 421. The van der Waals surface area contributed by atoms with E-state index in [0.29, 0.717) is 22.7 Å². The Balaban J connectivity index is 2.04. The molecule has 1 heterocycles. The maximum absolute atomic E-state index is 6.15. The lowest BCUT2D eigenvalue weighted by Crippen LogP contribution is -2.32. The lowest BCUT2D eigenvalue weighted by molar-refractivity contribution is 0.174. The van der Waals surface area contributed by atoms with Gasteiger partial charge in [-0.25, -0.2) is 0 Å². The van der Waals surface area contributed by atoms with E-state index in [1.54, 1.807) is 0 Å². The molecule has 0 fully saturated rings. The second kappa shape index (κ2) is 5.81. The topological polar surface area (TPSA) is 30.5 Å². The van der Waals surface area contributed by atoms with Gasteiger partial charge in [0.2, 0.25) is 6.79 Å². The lowest BCUT2D eigenvalue weighted by Gasteiger charge is -2.20. The summed E-state index contributed by atoms with van der Waals surface area (Å²) in [6, 6.07) is 4.46. The second-order valence-corrected chi connectivity index (χ2v) is 5.36. The molecule has 0 radical (unpaired) electrons. The van der Waals surface area contributed by atoms with Gasteiger partial charge in [-0.15, -0.1) is 0 Å². The zero-order valence-electron chi connectivity index (χ0n) is 11.1. The first-order chi connectivity index (χ1) is 8.61. The average molecular weight is 270 g/mol. The van der Waals surface area contributed by atoms with Gasteiger partial charge in [0.05, 0.1) is 5.02 Å². The molecule has 1 aromatic rings. The van der Waals surface area contributed by atoms with E-state index in [1.807, 2.05) is 12.1 Å². The molecule has 0 saturated heterocycles. The van der Waals surface area contributed by atoms with Gasteiger partial charge in [-0.1, -0.05) is 32.4 Å². The third-order valence-corrected chi connectivity index (χ3v) is 3.58. The van der Waals surface area contributed by atoms with Crippen molar-refractivity contribution in [2.24, 2.45) is 5.92 Å². The number of benzene rings is 1. The van der Waals surface area contributed by atoms with Crippen LogP contribution in [-0.2, 0) is 6.54 Å². The molecule has 1 unspecified atom stereocenters. The van der Waals surface area contributed by atoms with Crippen LogP contribution in [0.3, 0.4) is 0 Å². The summed E-state index contributed by atoms with van der Waals surface area (Å²) in [5, 5.41) is 4.17. The molecule has 0 spiro atoms. The summed E-state index contributed by atoms with van der Waals surface area (Å²) in [6.07, 6.45) is 1.12. The average Bonchev–Trinajstić information content (AvgIpc) is 2.78. The number of ether oxygens (including phenoxy) is 2. The fourth-order valence-electron chi connectivity index (χ4n) is 2.22. The summed E-state index contributed by atoms with van der Waals surface area (Å²) >= 11 is 6.15. The number of halogens is 1. The maximum Gasteiger partial charge on any atom is 0.231 e. The smallest absolute Gasteiger partial charge is 0.231 e. The van der Waals surface area contributed by atoms with Crippen LogP contribution in [0.1, 0.15) is 32.8 Å². The van der Waals surface area contributed by atoms with Crippen molar-refractivity contribution in [3.05, 3.63) is 22.7 Å². The normalized spacial score (nSPS) is 15.2. The molecule has 1 aliphatic heterocycles. The van der Waals surface area contributed by atoms with Crippen LogP contribution in [0.5, 0.6) is 11.5 Å². The van der Waals surface area contributed by atoms with Crippen molar-refractivity contribution in [3.8, 4) is 11.5 Å². The summed E-state index contributed by atoms with van der Waals surface area (Å²) in [7, 11) is 0. The second-order valence-electron chi connectivity index (χ2n) is 4.95. The van der Waals surface area contributed by atoms with Crippen molar-refractivity contribution < 1.29 is 9.47 Å². The van der Waals surface area contributed by atoms with Gasteiger partial charge in [-0.3, -0.25) is 0 Å². The van der Waals surface area contributed by atoms with Crippen molar-refractivity contribution in [2.75, 3.05) is 6.79 Å². The minimum Gasteiger partial charge on any atom is -0.454 e. The molecule has 100 valence electrons. The fourth-order valence-corrected chi connectivity index (χ4v) is 2.51. The largest absolute Gasteiger partial charge is 0.454 e. The van der Waals surface area contributed by atoms with Gasteiger partial charge in [0, 0.05) is 12.6 Å². The molecule has 0 aromatic heterocycles. The minimum atomic E-state index is 0.259. The molecule has 0 aliphatic carbocycles. The van der Waals surface area contributed by atoms with Gasteiger partial charge in [-0.2, -0.15) is 0 Å².